The maximum absolute atomic E-state index is 12.0. The van der Waals surface area contributed by atoms with Crippen LogP contribution in [0.1, 0.15) is 40.0 Å². The molecule has 0 radical (unpaired) electrons. The van der Waals surface area contributed by atoms with E-state index in [0.29, 0.717) is 5.91 Å². The Kier molecular flexibility index (Phi) is 4.56. The van der Waals surface area contributed by atoms with Crippen LogP contribution in [0.2, 0.25) is 0 Å². The van der Waals surface area contributed by atoms with E-state index in [1.165, 1.54) is 4.90 Å². The van der Waals surface area contributed by atoms with Gasteiger partial charge in [0.1, 0.15) is 0 Å². The number of benzene rings is 1. The second-order valence-electron chi connectivity index (χ2n) is 6.34. The van der Waals surface area contributed by atoms with Crippen molar-refractivity contribution in [2.75, 3.05) is 6.54 Å². The summed E-state index contributed by atoms with van der Waals surface area (Å²) in [4.78, 5) is 15.3. The lowest BCUT2D eigenvalue weighted by Gasteiger charge is -2.32. The first-order valence-electron chi connectivity index (χ1n) is 6.97. The van der Waals surface area contributed by atoms with Crippen molar-refractivity contribution >= 4 is 17.7 Å². The first kappa shape index (κ1) is 14.4. The maximum atomic E-state index is 12.0. The number of hydrogen-bond acceptors (Lipinski definition) is 2. The molecule has 1 aromatic carbocycles. The molecule has 1 aliphatic heterocycles. The molecule has 1 amide bonds. The average molecular weight is 277 g/mol. The summed E-state index contributed by atoms with van der Waals surface area (Å²) < 4.78 is 0. The first-order chi connectivity index (χ1) is 8.96. The quantitative estimate of drug-likeness (QED) is 0.770. The normalized spacial score (nSPS) is 17.8. The van der Waals surface area contributed by atoms with Crippen LogP contribution in [0.25, 0.3) is 0 Å². The molecule has 1 aromatic rings. The van der Waals surface area contributed by atoms with Gasteiger partial charge in [0, 0.05) is 17.9 Å². The third kappa shape index (κ3) is 4.27. The van der Waals surface area contributed by atoms with E-state index in [4.69, 9.17) is 0 Å². The number of carbonyl (C=O) groups excluding carboxylic acids is 1. The molecule has 2 rings (SSSR count). The Bertz CT molecular complexity index is 424. The zero-order valence-corrected chi connectivity index (χ0v) is 12.9. The Hall–Kier alpha value is -0.960. The number of likely N-dealkylation sites (tertiary alicyclic amines) is 1. The van der Waals surface area contributed by atoms with Gasteiger partial charge < -0.3 is 4.90 Å². The fourth-order valence-corrected chi connectivity index (χ4v) is 3.93. The van der Waals surface area contributed by atoms with Crippen LogP contribution in [-0.2, 0) is 4.79 Å². The molecule has 1 aliphatic rings. The molecule has 1 fully saturated rings. The zero-order valence-electron chi connectivity index (χ0n) is 12.1. The highest BCUT2D eigenvalue weighted by molar-refractivity contribution is 7.99. The fourth-order valence-electron chi connectivity index (χ4n) is 2.37. The molecule has 104 valence electrons. The zero-order chi connectivity index (χ0) is 13.9. The molecular formula is C16H23NOS. The third-order valence-corrected chi connectivity index (χ3v) is 4.50. The van der Waals surface area contributed by atoms with Crippen molar-refractivity contribution in [3.05, 3.63) is 30.3 Å². The summed E-state index contributed by atoms with van der Waals surface area (Å²) in [5.41, 5.74) is 0.231. The highest BCUT2D eigenvalue weighted by Gasteiger charge is 2.31. The SMILES string of the molecule is CC(C)(C)CC(Sc1ccccc1)N1CCCC1=O. The van der Waals surface area contributed by atoms with Gasteiger partial charge in [-0.15, -0.1) is 11.8 Å². The van der Waals surface area contributed by atoms with Gasteiger partial charge in [-0.25, -0.2) is 0 Å². The summed E-state index contributed by atoms with van der Waals surface area (Å²) in [7, 11) is 0. The highest BCUT2D eigenvalue weighted by Crippen LogP contribution is 2.36. The molecule has 1 unspecified atom stereocenters. The lowest BCUT2D eigenvalue weighted by atomic mass is 9.92. The maximum Gasteiger partial charge on any atom is 0.223 e. The molecule has 3 heteroatoms. The number of nitrogens with zero attached hydrogens (tertiary/aromatic N) is 1. The minimum absolute atomic E-state index is 0.231. The standard InChI is InChI=1S/C16H23NOS/c1-16(2,3)12-15(17-11-7-10-14(17)18)19-13-8-5-4-6-9-13/h4-6,8-9,15H,7,10-12H2,1-3H3. The Morgan fingerprint density at radius 2 is 1.95 bits per heavy atom. The molecule has 0 aliphatic carbocycles. The van der Waals surface area contributed by atoms with E-state index in [1.807, 2.05) is 17.8 Å². The van der Waals surface area contributed by atoms with E-state index in [2.05, 4.69) is 49.9 Å². The second-order valence-corrected chi connectivity index (χ2v) is 7.59. The van der Waals surface area contributed by atoms with E-state index in [1.54, 1.807) is 0 Å². The predicted molar refractivity (Wildman–Crippen MR) is 81.1 cm³/mol. The molecule has 1 saturated heterocycles. The van der Waals surface area contributed by atoms with Gasteiger partial charge in [-0.1, -0.05) is 39.0 Å². The molecule has 1 atom stereocenters. The van der Waals surface area contributed by atoms with Gasteiger partial charge in [-0.3, -0.25) is 4.79 Å². The Balaban J connectivity index is 2.12. The van der Waals surface area contributed by atoms with Gasteiger partial charge in [0.25, 0.3) is 0 Å². The van der Waals surface area contributed by atoms with Crippen LogP contribution in [0.4, 0.5) is 0 Å². The van der Waals surface area contributed by atoms with Crippen LogP contribution >= 0.6 is 11.8 Å². The monoisotopic (exact) mass is 277 g/mol. The number of carbonyl (C=O) groups is 1. The minimum atomic E-state index is 0.231. The van der Waals surface area contributed by atoms with Gasteiger partial charge >= 0.3 is 0 Å². The number of hydrogen-bond donors (Lipinski definition) is 0. The summed E-state index contributed by atoms with van der Waals surface area (Å²) >= 11 is 1.82. The van der Waals surface area contributed by atoms with Crippen LogP contribution in [0.15, 0.2) is 35.2 Å². The van der Waals surface area contributed by atoms with Crippen molar-refractivity contribution < 1.29 is 4.79 Å². The van der Waals surface area contributed by atoms with Crippen LogP contribution < -0.4 is 0 Å². The largest absolute Gasteiger partial charge is 0.330 e. The first-order valence-corrected chi connectivity index (χ1v) is 7.85. The van der Waals surface area contributed by atoms with Gasteiger partial charge in [-0.05, 0) is 30.4 Å². The summed E-state index contributed by atoms with van der Waals surface area (Å²) in [6.45, 7) is 7.64. The molecular weight excluding hydrogens is 254 g/mol. The molecule has 0 bridgehead atoms. The molecule has 0 aromatic heterocycles. The Labute approximate surface area is 120 Å². The third-order valence-electron chi connectivity index (χ3n) is 3.26. The second kappa shape index (κ2) is 6.00. The van der Waals surface area contributed by atoms with Crippen LogP contribution in [0.3, 0.4) is 0 Å². The number of amides is 1. The van der Waals surface area contributed by atoms with E-state index in [-0.39, 0.29) is 10.8 Å². The molecule has 0 spiro atoms. The Morgan fingerprint density at radius 1 is 1.26 bits per heavy atom. The fraction of sp³-hybridized carbons (Fsp3) is 0.562. The van der Waals surface area contributed by atoms with E-state index < -0.39 is 0 Å². The van der Waals surface area contributed by atoms with Crippen molar-refractivity contribution in [3.8, 4) is 0 Å². The van der Waals surface area contributed by atoms with Crippen LogP contribution in [0.5, 0.6) is 0 Å². The topological polar surface area (TPSA) is 20.3 Å². The van der Waals surface area contributed by atoms with Gasteiger partial charge in [0.15, 0.2) is 0 Å². The van der Waals surface area contributed by atoms with Gasteiger partial charge in [-0.2, -0.15) is 0 Å². The smallest absolute Gasteiger partial charge is 0.223 e. The molecule has 0 saturated carbocycles. The highest BCUT2D eigenvalue weighted by atomic mass is 32.2. The lowest BCUT2D eigenvalue weighted by molar-refractivity contribution is -0.128. The van der Waals surface area contributed by atoms with Crippen molar-refractivity contribution in [1.82, 2.24) is 4.90 Å². The molecule has 19 heavy (non-hydrogen) atoms. The van der Waals surface area contributed by atoms with Crippen molar-refractivity contribution in [3.63, 3.8) is 0 Å². The summed E-state index contributed by atoms with van der Waals surface area (Å²) in [6, 6.07) is 10.4. The predicted octanol–water partition coefficient (Wildman–Crippen LogP) is 4.16. The van der Waals surface area contributed by atoms with E-state index in [9.17, 15) is 4.79 Å². The minimum Gasteiger partial charge on any atom is -0.330 e. The van der Waals surface area contributed by atoms with Gasteiger partial charge in [0.2, 0.25) is 5.91 Å². The Morgan fingerprint density at radius 3 is 2.47 bits per heavy atom. The molecule has 0 N–H and O–H groups in total. The van der Waals surface area contributed by atoms with Crippen LogP contribution in [-0.4, -0.2) is 22.7 Å². The van der Waals surface area contributed by atoms with Crippen molar-refractivity contribution in [1.29, 1.82) is 0 Å². The van der Waals surface area contributed by atoms with Gasteiger partial charge in [0.05, 0.1) is 5.37 Å². The summed E-state index contributed by atoms with van der Waals surface area (Å²) in [5.74, 6) is 0.317. The summed E-state index contributed by atoms with van der Waals surface area (Å²) in [5, 5.41) is 0.261. The number of rotatable bonds is 4. The molecule has 1 heterocycles. The lowest BCUT2D eigenvalue weighted by Crippen LogP contribution is -2.36. The van der Waals surface area contributed by atoms with Crippen molar-refractivity contribution in [2.24, 2.45) is 5.41 Å². The summed E-state index contributed by atoms with van der Waals surface area (Å²) in [6.07, 6.45) is 2.75. The van der Waals surface area contributed by atoms with Crippen LogP contribution in [0, 0.1) is 5.41 Å². The van der Waals surface area contributed by atoms with E-state index >= 15 is 0 Å². The molecule has 2 nitrogen and oxygen atoms in total. The number of thioether (sulfide) groups is 1. The van der Waals surface area contributed by atoms with Crippen molar-refractivity contribution in [2.45, 2.75) is 50.3 Å². The van der Waals surface area contributed by atoms with E-state index in [0.717, 1.165) is 25.8 Å². The average Bonchev–Trinajstić information content (AvgIpc) is 2.74.